The van der Waals surface area contributed by atoms with Crippen LogP contribution in [0, 0.1) is 0 Å². The van der Waals surface area contributed by atoms with E-state index in [1.165, 1.54) is 0 Å². The number of rotatable bonds is 8. The van der Waals surface area contributed by atoms with Crippen molar-refractivity contribution in [2.45, 2.75) is 40.2 Å². The standard InChI is InChI=1S/C13H24N2O2S/c1-5-15(7-8-17-6-2)13-14-12(10(3)4)11(9-16)18-13/h10,16H,5-9H2,1-4H3. The smallest absolute Gasteiger partial charge is 0.185 e. The summed E-state index contributed by atoms with van der Waals surface area (Å²) in [5, 5.41) is 10.4. The van der Waals surface area contributed by atoms with Crippen LogP contribution in [-0.2, 0) is 11.3 Å². The number of thiazole rings is 1. The zero-order valence-corrected chi connectivity index (χ0v) is 12.6. The van der Waals surface area contributed by atoms with E-state index in [1.807, 2.05) is 6.92 Å². The minimum absolute atomic E-state index is 0.0776. The summed E-state index contributed by atoms with van der Waals surface area (Å²) in [6, 6.07) is 0. The van der Waals surface area contributed by atoms with Gasteiger partial charge >= 0.3 is 0 Å². The number of nitrogens with zero attached hydrogens (tertiary/aromatic N) is 2. The number of ether oxygens (including phenoxy) is 1. The normalized spacial score (nSPS) is 11.2. The summed E-state index contributed by atoms with van der Waals surface area (Å²) in [6.45, 7) is 11.6. The molecule has 0 saturated heterocycles. The van der Waals surface area contributed by atoms with Crippen LogP contribution in [0.2, 0.25) is 0 Å². The Morgan fingerprint density at radius 1 is 1.39 bits per heavy atom. The van der Waals surface area contributed by atoms with Crippen LogP contribution in [0.15, 0.2) is 0 Å². The summed E-state index contributed by atoms with van der Waals surface area (Å²) in [5.41, 5.74) is 1.02. The Bertz CT molecular complexity index is 353. The molecule has 1 aromatic heterocycles. The highest BCUT2D eigenvalue weighted by Gasteiger charge is 2.16. The second kappa shape index (κ2) is 7.71. The average molecular weight is 272 g/mol. The van der Waals surface area contributed by atoms with Crippen molar-refractivity contribution in [2.75, 3.05) is 31.2 Å². The molecular formula is C13H24N2O2S. The zero-order chi connectivity index (χ0) is 13.5. The highest BCUT2D eigenvalue weighted by Crippen LogP contribution is 2.30. The molecule has 0 saturated carbocycles. The molecular weight excluding hydrogens is 248 g/mol. The number of hydrogen-bond acceptors (Lipinski definition) is 5. The van der Waals surface area contributed by atoms with Gasteiger partial charge in [0.1, 0.15) is 0 Å². The molecule has 1 aromatic rings. The van der Waals surface area contributed by atoms with Crippen molar-refractivity contribution < 1.29 is 9.84 Å². The van der Waals surface area contributed by atoms with Crippen LogP contribution in [0.5, 0.6) is 0 Å². The minimum Gasteiger partial charge on any atom is -0.391 e. The van der Waals surface area contributed by atoms with Crippen LogP contribution in [0.1, 0.15) is 44.2 Å². The molecule has 104 valence electrons. The molecule has 4 nitrogen and oxygen atoms in total. The number of aliphatic hydroxyl groups excluding tert-OH is 1. The first kappa shape index (κ1) is 15.4. The SMILES string of the molecule is CCOCCN(CC)c1nc(C(C)C)c(CO)s1. The van der Waals surface area contributed by atoms with Gasteiger partial charge in [-0.3, -0.25) is 0 Å². The van der Waals surface area contributed by atoms with E-state index >= 15 is 0 Å². The molecule has 5 heteroatoms. The number of aromatic nitrogens is 1. The summed E-state index contributed by atoms with van der Waals surface area (Å²) >= 11 is 1.59. The van der Waals surface area contributed by atoms with Gasteiger partial charge in [0, 0.05) is 19.7 Å². The number of aliphatic hydroxyl groups is 1. The molecule has 1 rings (SSSR count). The first-order valence-corrected chi connectivity index (χ1v) is 7.38. The first-order chi connectivity index (χ1) is 8.63. The summed E-state index contributed by atoms with van der Waals surface area (Å²) in [5.74, 6) is 0.350. The summed E-state index contributed by atoms with van der Waals surface area (Å²) in [7, 11) is 0. The highest BCUT2D eigenvalue weighted by atomic mass is 32.1. The van der Waals surface area contributed by atoms with Crippen molar-refractivity contribution in [1.29, 1.82) is 0 Å². The van der Waals surface area contributed by atoms with E-state index < -0.39 is 0 Å². The Morgan fingerprint density at radius 3 is 2.56 bits per heavy atom. The van der Waals surface area contributed by atoms with Crippen molar-refractivity contribution in [3.8, 4) is 0 Å². The number of anilines is 1. The van der Waals surface area contributed by atoms with Gasteiger partial charge in [-0.1, -0.05) is 25.2 Å². The van der Waals surface area contributed by atoms with Gasteiger partial charge in [0.15, 0.2) is 5.13 Å². The van der Waals surface area contributed by atoms with Gasteiger partial charge in [0.05, 0.1) is 23.8 Å². The largest absolute Gasteiger partial charge is 0.391 e. The summed E-state index contributed by atoms with van der Waals surface area (Å²) in [6.07, 6.45) is 0. The third kappa shape index (κ3) is 3.93. The van der Waals surface area contributed by atoms with Gasteiger partial charge in [-0.25, -0.2) is 4.98 Å². The Labute approximate surface area is 114 Å². The van der Waals surface area contributed by atoms with Crippen LogP contribution in [-0.4, -0.2) is 36.4 Å². The van der Waals surface area contributed by atoms with Gasteiger partial charge < -0.3 is 14.7 Å². The fraction of sp³-hybridized carbons (Fsp3) is 0.769. The van der Waals surface area contributed by atoms with E-state index in [4.69, 9.17) is 4.74 Å². The molecule has 0 aliphatic heterocycles. The van der Waals surface area contributed by atoms with Crippen LogP contribution in [0.25, 0.3) is 0 Å². The van der Waals surface area contributed by atoms with Gasteiger partial charge in [0.25, 0.3) is 0 Å². The maximum atomic E-state index is 9.38. The molecule has 1 heterocycles. The first-order valence-electron chi connectivity index (χ1n) is 6.57. The Kier molecular flexibility index (Phi) is 6.60. The second-order valence-corrected chi connectivity index (χ2v) is 5.46. The van der Waals surface area contributed by atoms with Crippen molar-refractivity contribution in [1.82, 2.24) is 4.98 Å². The summed E-state index contributed by atoms with van der Waals surface area (Å²) in [4.78, 5) is 7.84. The van der Waals surface area contributed by atoms with Gasteiger partial charge in [-0.2, -0.15) is 0 Å². The van der Waals surface area contributed by atoms with E-state index in [1.54, 1.807) is 11.3 Å². The van der Waals surface area contributed by atoms with Gasteiger partial charge in [-0.05, 0) is 19.8 Å². The quantitative estimate of drug-likeness (QED) is 0.739. The van der Waals surface area contributed by atoms with E-state index in [-0.39, 0.29) is 6.61 Å². The molecule has 0 radical (unpaired) electrons. The highest BCUT2D eigenvalue weighted by molar-refractivity contribution is 7.15. The molecule has 0 bridgehead atoms. The van der Waals surface area contributed by atoms with Crippen molar-refractivity contribution in [3.63, 3.8) is 0 Å². The Hall–Kier alpha value is -0.650. The van der Waals surface area contributed by atoms with Gasteiger partial charge in [0.2, 0.25) is 0 Å². The predicted molar refractivity (Wildman–Crippen MR) is 76.5 cm³/mol. The van der Waals surface area contributed by atoms with Crippen molar-refractivity contribution >= 4 is 16.5 Å². The second-order valence-electron chi connectivity index (χ2n) is 4.39. The molecule has 0 spiro atoms. The molecule has 0 atom stereocenters. The molecule has 0 amide bonds. The van der Waals surface area contributed by atoms with Gasteiger partial charge in [-0.15, -0.1) is 0 Å². The van der Waals surface area contributed by atoms with Crippen LogP contribution in [0.3, 0.4) is 0 Å². The molecule has 0 aromatic carbocycles. The molecule has 1 N–H and O–H groups in total. The van der Waals surface area contributed by atoms with Crippen LogP contribution >= 0.6 is 11.3 Å². The maximum Gasteiger partial charge on any atom is 0.185 e. The minimum atomic E-state index is 0.0776. The molecule has 0 aliphatic carbocycles. The predicted octanol–water partition coefficient (Wildman–Crippen LogP) is 2.62. The summed E-state index contributed by atoms with van der Waals surface area (Å²) < 4.78 is 5.38. The number of hydrogen-bond donors (Lipinski definition) is 1. The van der Waals surface area contributed by atoms with Crippen LogP contribution < -0.4 is 4.90 Å². The topological polar surface area (TPSA) is 45.6 Å². The zero-order valence-electron chi connectivity index (χ0n) is 11.8. The lowest BCUT2D eigenvalue weighted by atomic mass is 10.1. The lowest BCUT2D eigenvalue weighted by Crippen LogP contribution is -2.27. The monoisotopic (exact) mass is 272 g/mol. The lowest BCUT2D eigenvalue weighted by molar-refractivity contribution is 0.154. The third-order valence-electron chi connectivity index (χ3n) is 2.77. The molecule has 18 heavy (non-hydrogen) atoms. The van der Waals surface area contributed by atoms with Crippen LogP contribution in [0.4, 0.5) is 5.13 Å². The Balaban J connectivity index is 2.79. The fourth-order valence-electron chi connectivity index (χ4n) is 1.76. The Morgan fingerprint density at radius 2 is 2.11 bits per heavy atom. The lowest BCUT2D eigenvalue weighted by Gasteiger charge is -2.19. The van der Waals surface area contributed by atoms with E-state index in [9.17, 15) is 5.11 Å². The average Bonchev–Trinajstić information content (AvgIpc) is 2.79. The molecule has 0 aliphatic rings. The fourth-order valence-corrected chi connectivity index (χ4v) is 2.92. The van der Waals surface area contributed by atoms with Crippen molar-refractivity contribution in [3.05, 3.63) is 10.6 Å². The van der Waals surface area contributed by atoms with E-state index in [0.717, 1.165) is 42.0 Å². The maximum absolute atomic E-state index is 9.38. The molecule has 0 unspecified atom stereocenters. The van der Waals surface area contributed by atoms with E-state index in [2.05, 4.69) is 30.7 Å². The third-order valence-corrected chi connectivity index (χ3v) is 3.89. The van der Waals surface area contributed by atoms with Crippen molar-refractivity contribution in [2.24, 2.45) is 0 Å². The molecule has 0 fully saturated rings. The number of likely N-dealkylation sites (N-methyl/N-ethyl adjacent to an activating group) is 1. The van der Waals surface area contributed by atoms with E-state index in [0.29, 0.717) is 5.92 Å².